The van der Waals surface area contributed by atoms with Gasteiger partial charge >= 0.3 is 12.1 Å². The normalized spacial score (nSPS) is 13.6. The van der Waals surface area contributed by atoms with Gasteiger partial charge in [0.1, 0.15) is 0 Å². The van der Waals surface area contributed by atoms with E-state index in [1.807, 2.05) is 30.3 Å². The van der Waals surface area contributed by atoms with Crippen LogP contribution in [0.2, 0.25) is 0 Å². The highest BCUT2D eigenvalue weighted by Gasteiger charge is 2.55. The van der Waals surface area contributed by atoms with Gasteiger partial charge in [-0.25, -0.2) is 9.48 Å². The van der Waals surface area contributed by atoms with Crippen molar-refractivity contribution in [3.63, 3.8) is 0 Å². The monoisotopic (exact) mass is 472 g/mol. The maximum atomic E-state index is 14.1. The number of thioether (sulfide) groups is 1. The molecular weight excluding hydrogens is 453 g/mol. The van der Waals surface area contributed by atoms with Gasteiger partial charge in [0.25, 0.3) is 0 Å². The van der Waals surface area contributed by atoms with Gasteiger partial charge < -0.3 is 9.84 Å². The molecule has 0 fully saturated rings. The molecule has 1 N–H and O–H groups in total. The molecule has 0 saturated heterocycles. The summed E-state index contributed by atoms with van der Waals surface area (Å²) in [7, 11) is 1.20. The van der Waals surface area contributed by atoms with Crippen molar-refractivity contribution in [3.8, 4) is 5.69 Å². The zero-order valence-electron chi connectivity index (χ0n) is 17.4. The van der Waals surface area contributed by atoms with E-state index in [0.29, 0.717) is 10.9 Å². The van der Waals surface area contributed by atoms with Crippen LogP contribution in [0, 0.1) is 0 Å². The van der Waals surface area contributed by atoms with Crippen molar-refractivity contribution in [2.24, 2.45) is 0 Å². The Morgan fingerprint density at radius 2 is 1.76 bits per heavy atom. The van der Waals surface area contributed by atoms with Gasteiger partial charge in [0.2, 0.25) is 0 Å². The third-order valence-electron chi connectivity index (χ3n) is 5.24. The van der Waals surface area contributed by atoms with E-state index in [2.05, 4.69) is 5.10 Å². The Hall–Kier alpha value is -3.30. The van der Waals surface area contributed by atoms with Gasteiger partial charge in [0, 0.05) is 16.0 Å². The zero-order chi connectivity index (χ0) is 23.6. The van der Waals surface area contributed by atoms with Crippen LogP contribution >= 0.6 is 11.8 Å². The van der Waals surface area contributed by atoms with Crippen LogP contribution < -0.4 is 0 Å². The fourth-order valence-corrected chi connectivity index (χ4v) is 4.62. The fourth-order valence-electron chi connectivity index (χ4n) is 3.45. The molecule has 1 heterocycles. The first-order valence-electron chi connectivity index (χ1n) is 9.87. The molecule has 170 valence electrons. The van der Waals surface area contributed by atoms with Crippen LogP contribution in [0.5, 0.6) is 0 Å². The number of carbonyl (C=O) groups excluding carboxylic acids is 1. The van der Waals surface area contributed by atoms with E-state index in [-0.39, 0.29) is 16.0 Å². The summed E-state index contributed by atoms with van der Waals surface area (Å²) in [6.07, 6.45) is -3.49. The third kappa shape index (κ3) is 4.34. The number of nitrogens with zero attached hydrogens (tertiary/aromatic N) is 2. The molecule has 0 aliphatic carbocycles. The quantitative estimate of drug-likeness (QED) is 0.303. The van der Waals surface area contributed by atoms with Crippen LogP contribution in [0.15, 0.2) is 83.9 Å². The van der Waals surface area contributed by atoms with E-state index in [1.54, 1.807) is 16.8 Å². The van der Waals surface area contributed by atoms with E-state index >= 15 is 0 Å². The lowest BCUT2D eigenvalue weighted by Crippen LogP contribution is -2.44. The lowest BCUT2D eigenvalue weighted by atomic mass is 9.94. The molecule has 3 aromatic carbocycles. The summed E-state index contributed by atoms with van der Waals surface area (Å²) in [6.45, 7) is 0. The van der Waals surface area contributed by atoms with Crippen LogP contribution in [-0.2, 0) is 10.3 Å². The molecule has 0 amide bonds. The number of alkyl halides is 3. The Labute approximate surface area is 191 Å². The van der Waals surface area contributed by atoms with Crippen molar-refractivity contribution in [2.75, 3.05) is 12.9 Å². The fraction of sp³-hybridized carbons (Fsp3) is 0.167. The summed E-state index contributed by atoms with van der Waals surface area (Å²) in [5, 5.41) is 15.6. The molecular formula is C24H19F3N2O3S. The maximum absolute atomic E-state index is 14.1. The number of fused-ring (bicyclic) bond motifs is 1. The minimum Gasteiger partial charge on any atom is -0.465 e. The number of esters is 1. The Morgan fingerprint density at radius 3 is 2.45 bits per heavy atom. The highest BCUT2D eigenvalue weighted by atomic mass is 32.2. The molecule has 0 saturated carbocycles. The second-order valence-electron chi connectivity index (χ2n) is 7.30. The maximum Gasteiger partial charge on any atom is 0.422 e. The number of hydrogen-bond donors (Lipinski definition) is 1. The zero-order valence-corrected chi connectivity index (χ0v) is 18.2. The molecule has 1 unspecified atom stereocenters. The van der Waals surface area contributed by atoms with Crippen molar-refractivity contribution in [1.29, 1.82) is 0 Å². The molecule has 1 aromatic heterocycles. The SMILES string of the molecule is COC(=O)c1ccccc1SCC(O)(c1ccc2c(cnn2-c2ccccc2)c1)C(F)(F)F. The van der Waals surface area contributed by atoms with Crippen molar-refractivity contribution in [2.45, 2.75) is 16.7 Å². The minimum atomic E-state index is -4.96. The Bertz CT molecular complexity index is 1290. The second-order valence-corrected chi connectivity index (χ2v) is 8.32. The Balaban J connectivity index is 1.70. The molecule has 0 spiro atoms. The molecule has 4 rings (SSSR count). The molecule has 5 nitrogen and oxygen atoms in total. The number of para-hydroxylation sites is 1. The standard InChI is InChI=1S/C24H19F3N2O3S/c1-32-22(30)19-9-5-6-10-21(19)33-15-23(31,24(25,26)27)17-11-12-20-16(13-17)14-28-29(20)18-7-3-2-4-8-18/h2-14,31H,15H2,1H3. The number of methoxy groups -OCH3 is 1. The van der Waals surface area contributed by atoms with Crippen LogP contribution in [0.25, 0.3) is 16.6 Å². The van der Waals surface area contributed by atoms with Crippen molar-refractivity contribution >= 4 is 28.6 Å². The average molecular weight is 472 g/mol. The number of hydrogen-bond acceptors (Lipinski definition) is 5. The highest BCUT2D eigenvalue weighted by Crippen LogP contribution is 2.44. The van der Waals surface area contributed by atoms with E-state index in [0.717, 1.165) is 17.4 Å². The summed E-state index contributed by atoms with van der Waals surface area (Å²) >= 11 is 0.735. The minimum absolute atomic E-state index is 0.133. The van der Waals surface area contributed by atoms with E-state index in [9.17, 15) is 23.1 Å². The lowest BCUT2D eigenvalue weighted by molar-refractivity contribution is -0.256. The average Bonchev–Trinajstić information content (AvgIpc) is 3.25. The van der Waals surface area contributed by atoms with Gasteiger partial charge in [-0.05, 0) is 42.0 Å². The largest absolute Gasteiger partial charge is 0.465 e. The molecule has 0 aliphatic rings. The molecule has 9 heteroatoms. The topological polar surface area (TPSA) is 64.3 Å². The molecule has 4 aromatic rings. The highest BCUT2D eigenvalue weighted by molar-refractivity contribution is 7.99. The molecule has 33 heavy (non-hydrogen) atoms. The summed E-state index contributed by atoms with van der Waals surface area (Å²) in [4.78, 5) is 12.2. The number of rotatable bonds is 6. The first-order chi connectivity index (χ1) is 15.7. The third-order valence-corrected chi connectivity index (χ3v) is 6.47. The first kappa shape index (κ1) is 22.9. The van der Waals surface area contributed by atoms with Crippen LogP contribution in [-0.4, -0.2) is 39.9 Å². The second kappa shape index (κ2) is 8.92. The van der Waals surface area contributed by atoms with Gasteiger partial charge in [0.15, 0.2) is 5.60 Å². The van der Waals surface area contributed by atoms with Crippen molar-refractivity contribution < 1.29 is 27.8 Å². The summed E-state index contributed by atoms with van der Waals surface area (Å²) < 4.78 is 48.7. The van der Waals surface area contributed by atoms with Crippen LogP contribution in [0.1, 0.15) is 15.9 Å². The number of aliphatic hydroxyl groups is 1. The molecule has 0 bridgehead atoms. The Morgan fingerprint density at radius 1 is 1.06 bits per heavy atom. The smallest absolute Gasteiger partial charge is 0.422 e. The van der Waals surface area contributed by atoms with Gasteiger partial charge in [-0.15, -0.1) is 11.8 Å². The van der Waals surface area contributed by atoms with E-state index in [4.69, 9.17) is 4.74 Å². The number of halogens is 3. The van der Waals surface area contributed by atoms with Gasteiger partial charge in [-0.2, -0.15) is 18.3 Å². The number of benzene rings is 3. The van der Waals surface area contributed by atoms with E-state index < -0.39 is 23.5 Å². The predicted octanol–water partition coefficient (Wildman–Crippen LogP) is 5.35. The van der Waals surface area contributed by atoms with Crippen molar-refractivity contribution in [1.82, 2.24) is 9.78 Å². The van der Waals surface area contributed by atoms with Gasteiger partial charge in [0.05, 0.1) is 30.1 Å². The summed E-state index contributed by atoms with van der Waals surface area (Å²) in [5.74, 6) is -1.41. The molecule has 0 radical (unpaired) electrons. The van der Waals surface area contributed by atoms with E-state index in [1.165, 1.54) is 43.6 Å². The van der Waals surface area contributed by atoms with Crippen LogP contribution in [0.3, 0.4) is 0 Å². The summed E-state index contributed by atoms with van der Waals surface area (Å²) in [5.41, 5.74) is -1.95. The van der Waals surface area contributed by atoms with Gasteiger partial charge in [-0.3, -0.25) is 0 Å². The molecule has 1 atom stereocenters. The number of aromatic nitrogens is 2. The van der Waals surface area contributed by atoms with Gasteiger partial charge in [-0.1, -0.05) is 36.4 Å². The number of ether oxygens (including phenoxy) is 1. The number of carbonyl (C=O) groups is 1. The lowest BCUT2D eigenvalue weighted by Gasteiger charge is -2.31. The Kier molecular flexibility index (Phi) is 6.18. The first-order valence-corrected chi connectivity index (χ1v) is 10.9. The summed E-state index contributed by atoms with van der Waals surface area (Å²) in [6, 6.07) is 19.4. The van der Waals surface area contributed by atoms with Crippen LogP contribution in [0.4, 0.5) is 13.2 Å². The molecule has 0 aliphatic heterocycles. The predicted molar refractivity (Wildman–Crippen MR) is 120 cm³/mol. The van der Waals surface area contributed by atoms with Crippen molar-refractivity contribution in [3.05, 3.63) is 90.1 Å².